The van der Waals surface area contributed by atoms with Gasteiger partial charge in [0.05, 0.1) is 12.4 Å². The van der Waals surface area contributed by atoms with Crippen molar-refractivity contribution in [1.82, 2.24) is 0 Å². The first-order valence-corrected chi connectivity index (χ1v) is 4.76. The van der Waals surface area contributed by atoms with Crippen LogP contribution in [0.1, 0.15) is 26.2 Å². The monoisotopic (exact) mass is 202 g/mol. The molecule has 0 heterocycles. The van der Waals surface area contributed by atoms with Crippen molar-refractivity contribution < 1.29 is 19.0 Å². The van der Waals surface area contributed by atoms with Crippen molar-refractivity contribution in [2.75, 3.05) is 13.3 Å². The fraction of sp³-hybridized carbons (Fsp3) is 0.700. The van der Waals surface area contributed by atoms with Crippen molar-refractivity contribution in [2.24, 2.45) is 5.41 Å². The van der Waals surface area contributed by atoms with Crippen molar-refractivity contribution in [3.05, 3.63) is 11.8 Å². The van der Waals surface area contributed by atoms with Crippen LogP contribution in [0, 0.1) is 5.41 Å². The number of carbonyl (C=O) groups excluding carboxylic acids is 1. The van der Waals surface area contributed by atoms with Crippen LogP contribution in [0.2, 0.25) is 0 Å². The molecule has 1 rings (SSSR count). The molecule has 1 aliphatic carbocycles. The molecule has 0 radical (unpaired) electrons. The van der Waals surface area contributed by atoms with Gasteiger partial charge in [-0.1, -0.05) is 0 Å². The molecule has 1 N–H and O–H groups in total. The summed E-state index contributed by atoms with van der Waals surface area (Å²) in [5.41, 5.74) is -1.05. The SMILES string of the molecule is CCOC(=O)C1(CF)CC=C(O)CC1. The van der Waals surface area contributed by atoms with Crippen LogP contribution in [0.5, 0.6) is 0 Å². The maximum absolute atomic E-state index is 12.8. The van der Waals surface area contributed by atoms with Crippen molar-refractivity contribution in [2.45, 2.75) is 26.2 Å². The molecular weight excluding hydrogens is 187 g/mol. The van der Waals surface area contributed by atoms with E-state index in [0.717, 1.165) is 0 Å². The van der Waals surface area contributed by atoms with Crippen molar-refractivity contribution in [3.8, 4) is 0 Å². The average molecular weight is 202 g/mol. The number of hydrogen-bond donors (Lipinski definition) is 1. The lowest BCUT2D eigenvalue weighted by Crippen LogP contribution is -2.36. The zero-order valence-corrected chi connectivity index (χ0v) is 8.25. The Morgan fingerprint density at radius 3 is 2.93 bits per heavy atom. The van der Waals surface area contributed by atoms with E-state index in [1.807, 2.05) is 0 Å². The van der Waals surface area contributed by atoms with Gasteiger partial charge in [-0.05, 0) is 25.8 Å². The molecule has 0 aromatic heterocycles. The number of allylic oxidation sites excluding steroid dienone is 2. The van der Waals surface area contributed by atoms with Crippen molar-refractivity contribution >= 4 is 5.97 Å². The molecule has 0 saturated carbocycles. The predicted octanol–water partition coefficient (Wildman–Crippen LogP) is 2.13. The molecule has 0 bridgehead atoms. The van der Waals surface area contributed by atoms with Crippen molar-refractivity contribution in [1.29, 1.82) is 0 Å². The largest absolute Gasteiger partial charge is 0.513 e. The highest BCUT2D eigenvalue weighted by Gasteiger charge is 2.41. The van der Waals surface area contributed by atoms with E-state index in [9.17, 15) is 9.18 Å². The first-order valence-electron chi connectivity index (χ1n) is 4.76. The summed E-state index contributed by atoms with van der Waals surface area (Å²) in [5, 5.41) is 9.14. The Morgan fingerprint density at radius 1 is 1.79 bits per heavy atom. The van der Waals surface area contributed by atoms with Crippen LogP contribution in [0.4, 0.5) is 4.39 Å². The second kappa shape index (κ2) is 4.44. The van der Waals surface area contributed by atoms with Gasteiger partial charge < -0.3 is 9.84 Å². The summed E-state index contributed by atoms with van der Waals surface area (Å²) in [6, 6.07) is 0. The lowest BCUT2D eigenvalue weighted by molar-refractivity contribution is -0.157. The Balaban J connectivity index is 2.73. The highest BCUT2D eigenvalue weighted by atomic mass is 19.1. The van der Waals surface area contributed by atoms with Gasteiger partial charge >= 0.3 is 5.97 Å². The first-order chi connectivity index (χ1) is 6.64. The Bertz CT molecular complexity index is 250. The molecule has 1 atom stereocenters. The molecule has 3 nitrogen and oxygen atoms in total. The van der Waals surface area contributed by atoms with Crippen LogP contribution < -0.4 is 0 Å². The van der Waals surface area contributed by atoms with Gasteiger partial charge in [0.15, 0.2) is 0 Å². The molecule has 14 heavy (non-hydrogen) atoms. The molecule has 0 fully saturated rings. The minimum atomic E-state index is -1.05. The smallest absolute Gasteiger partial charge is 0.315 e. The number of aliphatic hydroxyl groups excluding tert-OH is 1. The van der Waals surface area contributed by atoms with Gasteiger partial charge in [-0.25, -0.2) is 4.39 Å². The van der Waals surface area contributed by atoms with E-state index in [2.05, 4.69) is 0 Å². The minimum Gasteiger partial charge on any atom is -0.513 e. The second-order valence-corrected chi connectivity index (χ2v) is 3.53. The third kappa shape index (κ3) is 2.05. The summed E-state index contributed by atoms with van der Waals surface area (Å²) in [6.45, 7) is 1.23. The molecule has 0 spiro atoms. The van der Waals surface area contributed by atoms with E-state index in [-0.39, 0.29) is 18.8 Å². The number of carbonyl (C=O) groups is 1. The summed E-state index contributed by atoms with van der Waals surface area (Å²) < 4.78 is 17.6. The molecule has 0 aromatic rings. The van der Waals surface area contributed by atoms with Crippen LogP contribution >= 0.6 is 0 Å². The number of halogens is 1. The molecule has 0 aromatic carbocycles. The Hall–Kier alpha value is -1.06. The van der Waals surface area contributed by atoms with Crippen LogP contribution in [0.25, 0.3) is 0 Å². The zero-order chi connectivity index (χ0) is 10.6. The number of hydrogen-bond acceptors (Lipinski definition) is 3. The predicted molar refractivity (Wildman–Crippen MR) is 49.6 cm³/mol. The molecular formula is C10H15FO3. The maximum atomic E-state index is 12.8. The Labute approximate surface area is 82.6 Å². The molecule has 0 saturated heterocycles. The summed E-state index contributed by atoms with van der Waals surface area (Å²) in [4.78, 5) is 11.5. The van der Waals surface area contributed by atoms with Gasteiger partial charge in [-0.3, -0.25) is 4.79 Å². The standard InChI is InChI=1S/C10H15FO3/c1-2-14-9(13)10(7-11)5-3-8(12)4-6-10/h3,12H,2,4-7H2,1H3. The molecule has 80 valence electrons. The lowest BCUT2D eigenvalue weighted by Gasteiger charge is -2.30. The van der Waals surface area contributed by atoms with Gasteiger partial charge in [-0.15, -0.1) is 0 Å². The third-order valence-electron chi connectivity index (χ3n) is 2.55. The highest BCUT2D eigenvalue weighted by molar-refractivity contribution is 5.77. The maximum Gasteiger partial charge on any atom is 0.315 e. The number of esters is 1. The Morgan fingerprint density at radius 2 is 2.50 bits per heavy atom. The van der Waals surface area contributed by atoms with Gasteiger partial charge in [0.25, 0.3) is 0 Å². The fourth-order valence-corrected chi connectivity index (χ4v) is 1.53. The topological polar surface area (TPSA) is 46.5 Å². The number of rotatable bonds is 3. The average Bonchev–Trinajstić information content (AvgIpc) is 2.20. The quantitative estimate of drug-likeness (QED) is 0.713. The molecule has 1 unspecified atom stereocenters. The highest BCUT2D eigenvalue weighted by Crippen LogP contribution is 2.36. The van der Waals surface area contributed by atoms with E-state index < -0.39 is 18.1 Å². The molecule has 0 aliphatic heterocycles. The normalized spacial score (nSPS) is 26.9. The molecule has 4 heteroatoms. The first kappa shape index (κ1) is 11.0. The Kier molecular flexibility index (Phi) is 3.49. The number of aliphatic hydroxyl groups is 1. The van der Waals surface area contributed by atoms with E-state index in [0.29, 0.717) is 12.8 Å². The lowest BCUT2D eigenvalue weighted by atomic mass is 9.77. The fourth-order valence-electron chi connectivity index (χ4n) is 1.53. The van der Waals surface area contributed by atoms with Crippen LogP contribution in [0.3, 0.4) is 0 Å². The summed E-state index contributed by atoms with van der Waals surface area (Å²) in [7, 11) is 0. The van der Waals surface area contributed by atoms with E-state index in [1.54, 1.807) is 6.92 Å². The number of alkyl halides is 1. The van der Waals surface area contributed by atoms with E-state index in [4.69, 9.17) is 9.84 Å². The van der Waals surface area contributed by atoms with Gasteiger partial charge in [0.2, 0.25) is 0 Å². The van der Waals surface area contributed by atoms with E-state index in [1.165, 1.54) is 6.08 Å². The van der Waals surface area contributed by atoms with Gasteiger partial charge in [-0.2, -0.15) is 0 Å². The zero-order valence-electron chi connectivity index (χ0n) is 8.25. The molecule has 1 aliphatic rings. The third-order valence-corrected chi connectivity index (χ3v) is 2.55. The second-order valence-electron chi connectivity index (χ2n) is 3.53. The molecule has 0 amide bonds. The van der Waals surface area contributed by atoms with Crippen molar-refractivity contribution in [3.63, 3.8) is 0 Å². The van der Waals surface area contributed by atoms with E-state index >= 15 is 0 Å². The van der Waals surface area contributed by atoms with Crippen LogP contribution in [-0.2, 0) is 9.53 Å². The van der Waals surface area contributed by atoms with Crippen LogP contribution in [-0.4, -0.2) is 24.4 Å². The minimum absolute atomic E-state index is 0.230. The van der Waals surface area contributed by atoms with Crippen LogP contribution in [0.15, 0.2) is 11.8 Å². The summed E-state index contributed by atoms with van der Waals surface area (Å²) in [5.74, 6) is -0.260. The van der Waals surface area contributed by atoms with Gasteiger partial charge in [0.1, 0.15) is 12.1 Å². The van der Waals surface area contributed by atoms with Gasteiger partial charge in [0, 0.05) is 6.42 Å². The summed E-state index contributed by atoms with van der Waals surface area (Å²) >= 11 is 0. The number of ether oxygens (including phenoxy) is 1. The summed E-state index contributed by atoms with van der Waals surface area (Å²) in [6.07, 6.45) is 2.40.